The molecule has 94 valence electrons. The van der Waals surface area contributed by atoms with Gasteiger partial charge in [0.1, 0.15) is 5.56 Å². The van der Waals surface area contributed by atoms with Crippen molar-refractivity contribution in [1.82, 2.24) is 10.1 Å². The number of rotatable bonds is 4. The zero-order valence-electron chi connectivity index (χ0n) is 9.54. The number of hydrogen-bond donors (Lipinski definition) is 0. The van der Waals surface area contributed by atoms with Gasteiger partial charge >= 0.3 is 0 Å². The third-order valence-corrected chi connectivity index (χ3v) is 2.92. The minimum Gasteiger partial charge on any atom is -0.334 e. The van der Waals surface area contributed by atoms with Gasteiger partial charge in [-0.1, -0.05) is 24.2 Å². The zero-order chi connectivity index (χ0) is 13.1. The van der Waals surface area contributed by atoms with Crippen molar-refractivity contribution in [2.75, 3.05) is 0 Å². The van der Waals surface area contributed by atoms with E-state index in [-0.39, 0.29) is 17.0 Å². The van der Waals surface area contributed by atoms with Crippen molar-refractivity contribution < 1.29 is 9.45 Å². The van der Waals surface area contributed by atoms with E-state index in [1.54, 1.807) is 18.2 Å². The van der Waals surface area contributed by atoms with Crippen molar-refractivity contribution in [1.29, 1.82) is 0 Å². The molecule has 0 amide bonds. The molecule has 0 saturated heterocycles. The lowest BCUT2D eigenvalue weighted by atomic mass is 10.2. The van der Waals surface area contributed by atoms with Gasteiger partial charge in [0.2, 0.25) is 0 Å². The van der Waals surface area contributed by atoms with Gasteiger partial charge in [-0.15, -0.1) is 11.6 Å². The Bertz CT molecular complexity index is 570. The van der Waals surface area contributed by atoms with E-state index < -0.39 is 4.92 Å². The molecule has 6 nitrogen and oxygen atoms in total. The van der Waals surface area contributed by atoms with Crippen LogP contribution >= 0.6 is 11.6 Å². The van der Waals surface area contributed by atoms with Gasteiger partial charge in [-0.25, -0.2) is 0 Å². The molecule has 0 aliphatic rings. The molecule has 0 N–H and O–H groups in total. The maximum absolute atomic E-state index is 10.9. The topological polar surface area (TPSA) is 82.1 Å². The number of nitrogens with zero attached hydrogens (tertiary/aromatic N) is 3. The molecule has 0 radical (unpaired) electrons. The highest BCUT2D eigenvalue weighted by molar-refractivity contribution is 6.20. The molecule has 0 aliphatic heterocycles. The van der Waals surface area contributed by atoms with Gasteiger partial charge in [-0.3, -0.25) is 10.1 Å². The van der Waals surface area contributed by atoms with E-state index >= 15 is 0 Å². The normalized spacial score (nSPS) is 12.3. The summed E-state index contributed by atoms with van der Waals surface area (Å²) in [4.78, 5) is 14.5. The van der Waals surface area contributed by atoms with Crippen molar-refractivity contribution in [2.24, 2.45) is 0 Å². The summed E-state index contributed by atoms with van der Waals surface area (Å²) in [5.41, 5.74) is 0.219. The number of hydrogen-bond acceptors (Lipinski definition) is 5. The third-order valence-electron chi connectivity index (χ3n) is 2.41. The Morgan fingerprint density at radius 3 is 2.89 bits per heavy atom. The molecule has 0 fully saturated rings. The van der Waals surface area contributed by atoms with Gasteiger partial charge in [0.25, 0.3) is 11.6 Å². The number of nitro benzene ring substituents is 1. The molecule has 1 aromatic heterocycles. The van der Waals surface area contributed by atoms with Crippen molar-refractivity contribution in [3.05, 3.63) is 40.2 Å². The fraction of sp³-hybridized carbons (Fsp3) is 0.273. The number of halogens is 1. The summed E-state index contributed by atoms with van der Waals surface area (Å²) in [6, 6.07) is 6.20. The van der Waals surface area contributed by atoms with Crippen LogP contribution in [-0.2, 0) is 0 Å². The Morgan fingerprint density at radius 2 is 2.22 bits per heavy atom. The minimum absolute atomic E-state index is 0.0738. The molecule has 0 aliphatic carbocycles. The van der Waals surface area contributed by atoms with Crippen LogP contribution in [0.2, 0.25) is 0 Å². The fourth-order valence-corrected chi connectivity index (χ4v) is 1.56. The van der Waals surface area contributed by atoms with Gasteiger partial charge in [0.15, 0.2) is 5.82 Å². The van der Waals surface area contributed by atoms with E-state index in [4.69, 9.17) is 16.1 Å². The van der Waals surface area contributed by atoms with E-state index in [1.807, 2.05) is 6.92 Å². The van der Waals surface area contributed by atoms with E-state index in [0.29, 0.717) is 17.8 Å². The average Bonchev–Trinajstić information content (AvgIpc) is 2.87. The molecule has 1 heterocycles. The first-order chi connectivity index (χ1) is 8.63. The van der Waals surface area contributed by atoms with Crippen LogP contribution in [0.1, 0.15) is 24.5 Å². The fourth-order valence-electron chi connectivity index (χ4n) is 1.47. The Balaban J connectivity index is 2.43. The molecule has 0 saturated carbocycles. The van der Waals surface area contributed by atoms with Crippen LogP contribution < -0.4 is 0 Å². The lowest BCUT2D eigenvalue weighted by Gasteiger charge is -1.97. The molecule has 1 atom stereocenters. The van der Waals surface area contributed by atoms with Crippen molar-refractivity contribution in [3.8, 4) is 11.5 Å². The highest BCUT2D eigenvalue weighted by Gasteiger charge is 2.21. The molecular formula is C11H10ClN3O3. The van der Waals surface area contributed by atoms with Crippen LogP contribution in [0, 0.1) is 10.1 Å². The molecule has 0 spiro atoms. The summed E-state index contributed by atoms with van der Waals surface area (Å²) in [5.74, 6) is 0.448. The molecule has 2 aromatic rings. The molecule has 0 bridgehead atoms. The van der Waals surface area contributed by atoms with Crippen LogP contribution in [0.5, 0.6) is 0 Å². The summed E-state index contributed by atoms with van der Waals surface area (Å²) in [6.45, 7) is 1.89. The highest BCUT2D eigenvalue weighted by Crippen LogP contribution is 2.30. The predicted octanol–water partition coefficient (Wildman–Crippen LogP) is 3.33. The standard InChI is InChI=1S/C11H10ClN3O3/c1-2-8(12)10-13-11(18-14-10)7-5-3-4-6-9(7)15(16)17/h3-6,8H,2H2,1H3. The monoisotopic (exact) mass is 267 g/mol. The number of aromatic nitrogens is 2. The average molecular weight is 268 g/mol. The maximum Gasteiger partial charge on any atom is 0.282 e. The van der Waals surface area contributed by atoms with Crippen LogP contribution in [0.15, 0.2) is 28.8 Å². The second-order valence-electron chi connectivity index (χ2n) is 3.61. The quantitative estimate of drug-likeness (QED) is 0.482. The lowest BCUT2D eigenvalue weighted by Crippen LogP contribution is -1.93. The molecular weight excluding hydrogens is 258 g/mol. The smallest absolute Gasteiger partial charge is 0.282 e. The molecule has 18 heavy (non-hydrogen) atoms. The maximum atomic E-state index is 10.9. The van der Waals surface area contributed by atoms with Crippen LogP contribution in [0.3, 0.4) is 0 Å². The van der Waals surface area contributed by atoms with Gasteiger partial charge < -0.3 is 4.52 Å². The Labute approximate surface area is 108 Å². The van der Waals surface area contributed by atoms with Gasteiger partial charge in [-0.2, -0.15) is 4.98 Å². The first-order valence-electron chi connectivity index (χ1n) is 5.35. The Hall–Kier alpha value is -1.95. The molecule has 2 rings (SSSR count). The SMILES string of the molecule is CCC(Cl)c1noc(-c2ccccc2[N+](=O)[O-])n1. The summed E-state index contributed by atoms with van der Waals surface area (Å²) in [5, 5.41) is 14.2. The van der Waals surface area contributed by atoms with Gasteiger partial charge in [0.05, 0.1) is 10.3 Å². The van der Waals surface area contributed by atoms with Crippen molar-refractivity contribution in [2.45, 2.75) is 18.7 Å². The summed E-state index contributed by atoms with van der Waals surface area (Å²) >= 11 is 5.97. The molecule has 1 aromatic carbocycles. The van der Waals surface area contributed by atoms with Crippen LogP contribution in [0.25, 0.3) is 11.5 Å². The first-order valence-corrected chi connectivity index (χ1v) is 5.78. The first kappa shape index (κ1) is 12.5. The van der Waals surface area contributed by atoms with E-state index in [2.05, 4.69) is 10.1 Å². The number of benzene rings is 1. The third kappa shape index (κ3) is 2.33. The van der Waals surface area contributed by atoms with Crippen LogP contribution in [0.4, 0.5) is 5.69 Å². The van der Waals surface area contributed by atoms with Crippen LogP contribution in [-0.4, -0.2) is 15.1 Å². The Morgan fingerprint density at radius 1 is 1.50 bits per heavy atom. The summed E-state index contributed by atoms with van der Waals surface area (Å²) in [6.07, 6.45) is 0.650. The lowest BCUT2D eigenvalue weighted by molar-refractivity contribution is -0.384. The van der Waals surface area contributed by atoms with E-state index in [9.17, 15) is 10.1 Å². The minimum atomic E-state index is -0.489. The largest absolute Gasteiger partial charge is 0.334 e. The van der Waals surface area contributed by atoms with E-state index in [1.165, 1.54) is 6.07 Å². The van der Waals surface area contributed by atoms with E-state index in [0.717, 1.165) is 0 Å². The summed E-state index contributed by atoms with van der Waals surface area (Å²) < 4.78 is 5.01. The molecule has 1 unspecified atom stereocenters. The predicted molar refractivity (Wildman–Crippen MR) is 65.3 cm³/mol. The highest BCUT2D eigenvalue weighted by atomic mass is 35.5. The Kier molecular flexibility index (Phi) is 3.57. The second-order valence-corrected chi connectivity index (χ2v) is 4.13. The number of para-hydroxylation sites is 1. The number of nitro groups is 1. The van der Waals surface area contributed by atoms with Crippen molar-refractivity contribution in [3.63, 3.8) is 0 Å². The van der Waals surface area contributed by atoms with Crippen molar-refractivity contribution >= 4 is 17.3 Å². The zero-order valence-corrected chi connectivity index (χ0v) is 10.3. The molecule has 7 heteroatoms. The van der Waals surface area contributed by atoms with Gasteiger partial charge in [0, 0.05) is 6.07 Å². The number of alkyl halides is 1. The second kappa shape index (κ2) is 5.14. The van der Waals surface area contributed by atoms with Gasteiger partial charge in [-0.05, 0) is 12.5 Å². The summed E-state index contributed by atoms with van der Waals surface area (Å²) in [7, 11) is 0.